The summed E-state index contributed by atoms with van der Waals surface area (Å²) in [5.41, 5.74) is 4.11. The first kappa shape index (κ1) is 13.1. The fraction of sp³-hybridized carbons (Fsp3) is 0.357. The molecule has 2 heterocycles. The zero-order valence-electron chi connectivity index (χ0n) is 10.6. The molecule has 1 aromatic carbocycles. The van der Waals surface area contributed by atoms with Gasteiger partial charge in [-0.3, -0.25) is 0 Å². The normalized spacial score (nSPS) is 21.8. The van der Waals surface area contributed by atoms with Crippen molar-refractivity contribution < 1.29 is 4.74 Å². The van der Waals surface area contributed by atoms with Gasteiger partial charge in [0.15, 0.2) is 0 Å². The third kappa shape index (κ3) is 2.68. The minimum atomic E-state index is 0.0453. The lowest BCUT2D eigenvalue weighted by atomic mass is 9.95. The van der Waals surface area contributed by atoms with Gasteiger partial charge < -0.3 is 10.1 Å². The number of ether oxygens (including phenoxy) is 1. The Bertz CT molecular complexity index is 559. The van der Waals surface area contributed by atoms with Crippen LogP contribution in [0, 0.1) is 0 Å². The molecule has 19 heavy (non-hydrogen) atoms. The lowest BCUT2D eigenvalue weighted by Crippen LogP contribution is -2.29. The summed E-state index contributed by atoms with van der Waals surface area (Å²) in [5, 5.41) is 5.60. The fourth-order valence-corrected chi connectivity index (χ4v) is 3.42. The monoisotopic (exact) mass is 338 g/mol. The average molecular weight is 339 g/mol. The van der Waals surface area contributed by atoms with E-state index in [1.165, 1.54) is 5.56 Å². The van der Waals surface area contributed by atoms with E-state index in [1.807, 2.05) is 17.6 Å². The van der Waals surface area contributed by atoms with E-state index in [2.05, 4.69) is 44.6 Å². The summed E-state index contributed by atoms with van der Waals surface area (Å²) >= 11 is 5.14. The molecule has 0 radical (unpaired) electrons. The largest absolute Gasteiger partial charge is 0.484 e. The number of benzene rings is 1. The van der Waals surface area contributed by atoms with Gasteiger partial charge in [0.25, 0.3) is 0 Å². The van der Waals surface area contributed by atoms with E-state index < -0.39 is 0 Å². The van der Waals surface area contributed by atoms with Crippen LogP contribution in [0.2, 0.25) is 0 Å². The van der Waals surface area contributed by atoms with E-state index in [9.17, 15) is 0 Å². The molecule has 2 unspecified atom stereocenters. The molecular formula is C14H15BrN2OS. The Morgan fingerprint density at radius 1 is 1.53 bits per heavy atom. The molecule has 1 aliphatic heterocycles. The lowest BCUT2D eigenvalue weighted by molar-refractivity contribution is 0.148. The third-order valence-electron chi connectivity index (χ3n) is 3.30. The zero-order valence-corrected chi connectivity index (χ0v) is 13.0. The number of hydrogen-bond donors (Lipinski definition) is 1. The fourth-order valence-electron chi connectivity index (χ4n) is 2.44. The van der Waals surface area contributed by atoms with E-state index in [0.29, 0.717) is 6.04 Å². The van der Waals surface area contributed by atoms with Crippen molar-refractivity contribution in [3.8, 4) is 5.75 Å². The van der Waals surface area contributed by atoms with Gasteiger partial charge in [-0.15, -0.1) is 11.3 Å². The Morgan fingerprint density at radius 3 is 3.16 bits per heavy atom. The van der Waals surface area contributed by atoms with Crippen LogP contribution in [0.4, 0.5) is 0 Å². The Hall–Kier alpha value is -0.910. The first-order valence-corrected chi connectivity index (χ1v) is 8.09. The molecule has 0 spiro atoms. The molecule has 2 aromatic rings. The van der Waals surface area contributed by atoms with Crippen molar-refractivity contribution in [2.45, 2.75) is 25.5 Å². The SMILES string of the molecule is CCNC1CC(c2cscn2)Oc2ccc(Br)cc21. The van der Waals surface area contributed by atoms with Crippen molar-refractivity contribution in [2.24, 2.45) is 0 Å². The van der Waals surface area contributed by atoms with Gasteiger partial charge in [0.2, 0.25) is 0 Å². The maximum Gasteiger partial charge on any atom is 0.143 e. The van der Waals surface area contributed by atoms with Crippen LogP contribution in [0.5, 0.6) is 5.75 Å². The van der Waals surface area contributed by atoms with Crippen LogP contribution in [0.15, 0.2) is 33.6 Å². The molecule has 1 N–H and O–H groups in total. The van der Waals surface area contributed by atoms with E-state index in [0.717, 1.165) is 28.9 Å². The van der Waals surface area contributed by atoms with Crippen LogP contribution >= 0.6 is 27.3 Å². The summed E-state index contributed by atoms with van der Waals surface area (Å²) < 4.78 is 7.18. The third-order valence-corrected chi connectivity index (χ3v) is 4.40. The highest BCUT2D eigenvalue weighted by atomic mass is 79.9. The molecule has 0 bridgehead atoms. The first-order valence-electron chi connectivity index (χ1n) is 6.35. The first-order chi connectivity index (χ1) is 9.28. The molecule has 3 nitrogen and oxygen atoms in total. The molecule has 5 heteroatoms. The van der Waals surface area contributed by atoms with Crippen molar-refractivity contribution in [2.75, 3.05) is 6.54 Å². The second-order valence-electron chi connectivity index (χ2n) is 4.55. The highest BCUT2D eigenvalue weighted by molar-refractivity contribution is 9.10. The molecule has 3 rings (SSSR count). The second-order valence-corrected chi connectivity index (χ2v) is 6.18. The van der Waals surface area contributed by atoms with Crippen molar-refractivity contribution >= 4 is 27.3 Å². The number of rotatable bonds is 3. The quantitative estimate of drug-likeness (QED) is 0.915. The standard InChI is InChI=1S/C14H15BrN2OS/c1-2-16-11-6-14(12-7-19-8-17-12)18-13-4-3-9(15)5-10(11)13/h3-5,7-8,11,14,16H,2,6H2,1H3. The van der Waals surface area contributed by atoms with Crippen LogP contribution < -0.4 is 10.1 Å². The van der Waals surface area contributed by atoms with Gasteiger partial charge in [-0.2, -0.15) is 0 Å². The van der Waals surface area contributed by atoms with Crippen molar-refractivity contribution in [1.29, 1.82) is 0 Å². The maximum absolute atomic E-state index is 6.09. The summed E-state index contributed by atoms with van der Waals surface area (Å²) in [6.07, 6.45) is 0.963. The molecule has 1 aliphatic rings. The van der Waals surface area contributed by atoms with E-state index in [1.54, 1.807) is 11.3 Å². The smallest absolute Gasteiger partial charge is 0.143 e. The van der Waals surface area contributed by atoms with Crippen LogP contribution in [0.1, 0.15) is 36.7 Å². The van der Waals surface area contributed by atoms with Gasteiger partial charge in [0.05, 0.1) is 11.2 Å². The molecule has 0 saturated carbocycles. The number of nitrogens with zero attached hydrogens (tertiary/aromatic N) is 1. The summed E-state index contributed by atoms with van der Waals surface area (Å²) in [4.78, 5) is 4.38. The Kier molecular flexibility index (Phi) is 3.86. The molecule has 0 saturated heterocycles. The van der Waals surface area contributed by atoms with Crippen LogP contribution in [0.3, 0.4) is 0 Å². The highest BCUT2D eigenvalue weighted by Crippen LogP contribution is 2.41. The van der Waals surface area contributed by atoms with E-state index in [-0.39, 0.29) is 6.10 Å². The van der Waals surface area contributed by atoms with E-state index >= 15 is 0 Å². The Balaban J connectivity index is 1.95. The van der Waals surface area contributed by atoms with Gasteiger partial charge in [-0.05, 0) is 24.7 Å². The molecule has 0 fully saturated rings. The molecule has 1 aromatic heterocycles. The minimum Gasteiger partial charge on any atom is -0.484 e. The zero-order chi connectivity index (χ0) is 13.2. The number of halogens is 1. The van der Waals surface area contributed by atoms with Gasteiger partial charge in [-0.25, -0.2) is 4.98 Å². The van der Waals surface area contributed by atoms with Crippen molar-refractivity contribution in [1.82, 2.24) is 10.3 Å². The molecule has 2 atom stereocenters. The van der Waals surface area contributed by atoms with E-state index in [4.69, 9.17) is 4.74 Å². The average Bonchev–Trinajstić information content (AvgIpc) is 2.93. The number of thiazole rings is 1. The lowest BCUT2D eigenvalue weighted by Gasteiger charge is -2.32. The number of nitrogens with one attached hydrogen (secondary N) is 1. The van der Waals surface area contributed by atoms with Gasteiger partial charge >= 0.3 is 0 Å². The van der Waals surface area contributed by atoms with Gasteiger partial charge in [0, 0.05) is 27.9 Å². The number of aromatic nitrogens is 1. The predicted octanol–water partition coefficient (Wildman–Crippen LogP) is 4.08. The van der Waals surface area contributed by atoms with Gasteiger partial charge in [-0.1, -0.05) is 22.9 Å². The summed E-state index contributed by atoms with van der Waals surface area (Å²) in [6, 6.07) is 6.51. The Labute approximate surface area is 125 Å². The summed E-state index contributed by atoms with van der Waals surface area (Å²) in [6.45, 7) is 3.07. The number of fused-ring (bicyclic) bond motifs is 1. The highest BCUT2D eigenvalue weighted by Gasteiger charge is 2.29. The second kappa shape index (κ2) is 5.61. The topological polar surface area (TPSA) is 34.2 Å². The van der Waals surface area contributed by atoms with Crippen molar-refractivity contribution in [3.63, 3.8) is 0 Å². The van der Waals surface area contributed by atoms with Crippen molar-refractivity contribution in [3.05, 3.63) is 44.8 Å². The maximum atomic E-state index is 6.09. The minimum absolute atomic E-state index is 0.0453. The van der Waals surface area contributed by atoms with Crippen LogP contribution in [-0.2, 0) is 0 Å². The molecule has 100 valence electrons. The molecule has 0 aliphatic carbocycles. The predicted molar refractivity (Wildman–Crippen MR) is 80.7 cm³/mol. The summed E-state index contributed by atoms with van der Waals surface area (Å²) in [5.74, 6) is 0.957. The molecular weight excluding hydrogens is 324 g/mol. The van der Waals surface area contributed by atoms with Crippen LogP contribution in [0.25, 0.3) is 0 Å². The molecule has 0 amide bonds. The number of hydrogen-bond acceptors (Lipinski definition) is 4. The van der Waals surface area contributed by atoms with Gasteiger partial charge in [0.1, 0.15) is 11.9 Å². The Morgan fingerprint density at radius 2 is 2.42 bits per heavy atom. The van der Waals surface area contributed by atoms with Crippen LogP contribution in [-0.4, -0.2) is 11.5 Å². The summed E-state index contributed by atoms with van der Waals surface area (Å²) in [7, 11) is 0.